The van der Waals surface area contributed by atoms with Gasteiger partial charge in [-0.2, -0.15) is 5.26 Å². The molecule has 1 amide bonds. The van der Waals surface area contributed by atoms with Gasteiger partial charge in [0.15, 0.2) is 0 Å². The molecule has 0 bridgehead atoms. The number of nitro groups is 1. The quantitative estimate of drug-likeness (QED) is 0.683. The number of non-ortho nitro benzene ring substituents is 1. The number of nitrogens with zero attached hydrogens (tertiary/aromatic N) is 2. The second-order valence-corrected chi connectivity index (χ2v) is 3.95. The molecule has 2 rings (SSSR count). The van der Waals surface area contributed by atoms with Crippen LogP contribution in [0.4, 0.5) is 11.4 Å². The monoisotopic (exact) mass is 267 g/mol. The zero-order valence-corrected chi connectivity index (χ0v) is 10.2. The highest BCUT2D eigenvalue weighted by atomic mass is 16.6. The van der Waals surface area contributed by atoms with Gasteiger partial charge in [0.25, 0.3) is 11.6 Å². The van der Waals surface area contributed by atoms with E-state index in [0.29, 0.717) is 16.8 Å². The van der Waals surface area contributed by atoms with E-state index in [4.69, 9.17) is 5.26 Å². The molecule has 0 aromatic heterocycles. The molecule has 6 heteroatoms. The summed E-state index contributed by atoms with van der Waals surface area (Å²) in [6, 6.07) is 13.7. The predicted octanol–water partition coefficient (Wildman–Crippen LogP) is 2.72. The fourth-order valence-corrected chi connectivity index (χ4v) is 1.60. The van der Waals surface area contributed by atoms with Gasteiger partial charge in [0.2, 0.25) is 0 Å². The first-order chi connectivity index (χ1) is 9.60. The summed E-state index contributed by atoms with van der Waals surface area (Å²) in [5.74, 6) is -0.379. The molecule has 0 aliphatic rings. The summed E-state index contributed by atoms with van der Waals surface area (Å²) >= 11 is 0. The van der Waals surface area contributed by atoms with Crippen molar-refractivity contribution >= 4 is 17.3 Å². The molecule has 0 radical (unpaired) electrons. The summed E-state index contributed by atoms with van der Waals surface area (Å²) in [6.07, 6.45) is 0. The van der Waals surface area contributed by atoms with Crippen molar-refractivity contribution in [2.45, 2.75) is 0 Å². The van der Waals surface area contributed by atoms with Gasteiger partial charge in [0, 0.05) is 23.4 Å². The van der Waals surface area contributed by atoms with Crippen LogP contribution in [-0.2, 0) is 0 Å². The van der Waals surface area contributed by atoms with Crippen LogP contribution in [0, 0.1) is 21.4 Å². The summed E-state index contributed by atoms with van der Waals surface area (Å²) in [6.45, 7) is 0. The zero-order chi connectivity index (χ0) is 14.5. The van der Waals surface area contributed by atoms with Gasteiger partial charge >= 0.3 is 0 Å². The van der Waals surface area contributed by atoms with E-state index in [1.54, 1.807) is 18.2 Å². The number of benzene rings is 2. The van der Waals surface area contributed by atoms with Crippen LogP contribution in [0.15, 0.2) is 48.5 Å². The lowest BCUT2D eigenvalue weighted by Crippen LogP contribution is -2.11. The first kappa shape index (κ1) is 13.2. The minimum Gasteiger partial charge on any atom is -0.322 e. The van der Waals surface area contributed by atoms with E-state index < -0.39 is 4.92 Å². The Bertz CT molecular complexity index is 702. The number of anilines is 1. The van der Waals surface area contributed by atoms with E-state index in [1.807, 2.05) is 6.07 Å². The van der Waals surface area contributed by atoms with Gasteiger partial charge < -0.3 is 5.32 Å². The van der Waals surface area contributed by atoms with Crippen molar-refractivity contribution in [2.75, 3.05) is 5.32 Å². The third-order valence-electron chi connectivity index (χ3n) is 2.59. The Balaban J connectivity index is 2.15. The third kappa shape index (κ3) is 2.97. The van der Waals surface area contributed by atoms with Crippen molar-refractivity contribution in [1.82, 2.24) is 0 Å². The lowest BCUT2D eigenvalue weighted by molar-refractivity contribution is -0.384. The van der Waals surface area contributed by atoms with E-state index >= 15 is 0 Å². The summed E-state index contributed by atoms with van der Waals surface area (Å²) < 4.78 is 0. The van der Waals surface area contributed by atoms with Crippen molar-refractivity contribution in [1.29, 1.82) is 5.26 Å². The molecule has 0 unspecified atom stereocenters. The average Bonchev–Trinajstić information content (AvgIpc) is 2.47. The SMILES string of the molecule is N#Cc1cccc(C(=O)Nc2ccc([N+](=O)[O-])cc2)c1. The van der Waals surface area contributed by atoms with Gasteiger partial charge in [-0.15, -0.1) is 0 Å². The number of rotatable bonds is 3. The number of nitriles is 1. The van der Waals surface area contributed by atoms with Crippen molar-refractivity contribution < 1.29 is 9.72 Å². The molecule has 0 heterocycles. The minimum absolute atomic E-state index is 0.0468. The average molecular weight is 267 g/mol. The lowest BCUT2D eigenvalue weighted by Gasteiger charge is -2.05. The number of nitro benzene ring substituents is 1. The van der Waals surface area contributed by atoms with Crippen molar-refractivity contribution in [3.8, 4) is 6.07 Å². The third-order valence-corrected chi connectivity index (χ3v) is 2.59. The van der Waals surface area contributed by atoms with Crippen molar-refractivity contribution in [2.24, 2.45) is 0 Å². The van der Waals surface area contributed by atoms with Crippen LogP contribution in [0.1, 0.15) is 15.9 Å². The first-order valence-corrected chi connectivity index (χ1v) is 5.66. The molecule has 0 spiro atoms. The molecule has 0 aliphatic carbocycles. The van der Waals surface area contributed by atoms with E-state index in [1.165, 1.54) is 30.3 Å². The van der Waals surface area contributed by atoms with E-state index in [-0.39, 0.29) is 11.6 Å². The van der Waals surface area contributed by atoms with Gasteiger partial charge in [0.1, 0.15) is 0 Å². The van der Waals surface area contributed by atoms with E-state index in [0.717, 1.165) is 0 Å². The Morgan fingerprint density at radius 1 is 1.20 bits per heavy atom. The number of hydrogen-bond donors (Lipinski definition) is 1. The number of hydrogen-bond acceptors (Lipinski definition) is 4. The molecule has 0 saturated carbocycles. The molecule has 0 aliphatic heterocycles. The highest BCUT2D eigenvalue weighted by molar-refractivity contribution is 6.04. The Morgan fingerprint density at radius 3 is 2.50 bits per heavy atom. The minimum atomic E-state index is -0.512. The van der Waals surface area contributed by atoms with Gasteiger partial charge in [-0.25, -0.2) is 0 Å². The maximum absolute atomic E-state index is 11.9. The summed E-state index contributed by atoms with van der Waals surface area (Å²) in [7, 11) is 0. The Labute approximate surface area is 114 Å². The number of amides is 1. The molecule has 0 fully saturated rings. The highest BCUT2D eigenvalue weighted by Crippen LogP contribution is 2.16. The topological polar surface area (TPSA) is 96.0 Å². The number of carbonyl (C=O) groups is 1. The molecular weight excluding hydrogens is 258 g/mol. The lowest BCUT2D eigenvalue weighted by atomic mass is 10.1. The van der Waals surface area contributed by atoms with Gasteiger partial charge in [-0.1, -0.05) is 6.07 Å². The highest BCUT2D eigenvalue weighted by Gasteiger charge is 2.08. The molecule has 2 aromatic carbocycles. The van der Waals surface area contributed by atoms with Crippen LogP contribution in [0.2, 0.25) is 0 Å². The number of nitrogens with one attached hydrogen (secondary N) is 1. The Morgan fingerprint density at radius 2 is 1.90 bits per heavy atom. The summed E-state index contributed by atoms with van der Waals surface area (Å²) in [5, 5.41) is 21.9. The van der Waals surface area contributed by atoms with Crippen molar-refractivity contribution in [3.05, 3.63) is 69.8 Å². The first-order valence-electron chi connectivity index (χ1n) is 5.66. The van der Waals surface area contributed by atoms with Crippen LogP contribution < -0.4 is 5.32 Å². The zero-order valence-electron chi connectivity index (χ0n) is 10.2. The second-order valence-electron chi connectivity index (χ2n) is 3.95. The Kier molecular flexibility index (Phi) is 3.72. The fourth-order valence-electron chi connectivity index (χ4n) is 1.60. The standard InChI is InChI=1S/C14H9N3O3/c15-9-10-2-1-3-11(8-10)14(18)16-12-4-6-13(7-5-12)17(19)20/h1-8H,(H,16,18). The Hall–Kier alpha value is -3.20. The second kappa shape index (κ2) is 5.63. The predicted molar refractivity (Wildman–Crippen MR) is 72.2 cm³/mol. The maximum Gasteiger partial charge on any atom is 0.269 e. The molecule has 6 nitrogen and oxygen atoms in total. The molecule has 98 valence electrons. The van der Waals surface area contributed by atoms with E-state index in [2.05, 4.69) is 5.32 Å². The molecular formula is C14H9N3O3. The molecule has 2 aromatic rings. The molecule has 0 saturated heterocycles. The van der Waals surface area contributed by atoms with Crippen molar-refractivity contribution in [3.63, 3.8) is 0 Å². The van der Waals surface area contributed by atoms with Gasteiger partial charge in [-0.05, 0) is 30.3 Å². The van der Waals surface area contributed by atoms with Gasteiger partial charge in [-0.3, -0.25) is 14.9 Å². The smallest absolute Gasteiger partial charge is 0.269 e. The summed E-state index contributed by atoms with van der Waals surface area (Å²) in [5.41, 5.74) is 1.14. The normalized spacial score (nSPS) is 9.55. The van der Waals surface area contributed by atoms with Crippen LogP contribution in [-0.4, -0.2) is 10.8 Å². The summed E-state index contributed by atoms with van der Waals surface area (Å²) in [4.78, 5) is 21.9. The largest absolute Gasteiger partial charge is 0.322 e. The molecule has 20 heavy (non-hydrogen) atoms. The van der Waals surface area contributed by atoms with Crippen LogP contribution >= 0.6 is 0 Å². The van der Waals surface area contributed by atoms with Crippen LogP contribution in [0.25, 0.3) is 0 Å². The molecule has 0 atom stereocenters. The fraction of sp³-hybridized carbons (Fsp3) is 0. The number of carbonyl (C=O) groups excluding carboxylic acids is 1. The van der Waals surface area contributed by atoms with Crippen LogP contribution in [0.5, 0.6) is 0 Å². The van der Waals surface area contributed by atoms with Crippen LogP contribution in [0.3, 0.4) is 0 Å². The van der Waals surface area contributed by atoms with E-state index in [9.17, 15) is 14.9 Å². The van der Waals surface area contributed by atoms with Gasteiger partial charge in [0.05, 0.1) is 16.6 Å². The molecule has 1 N–H and O–H groups in total. The maximum atomic E-state index is 11.9.